The van der Waals surface area contributed by atoms with E-state index in [4.69, 9.17) is 9.63 Å². The van der Waals surface area contributed by atoms with Gasteiger partial charge >= 0.3 is 5.97 Å². The van der Waals surface area contributed by atoms with Gasteiger partial charge in [-0.15, -0.1) is 0 Å². The summed E-state index contributed by atoms with van der Waals surface area (Å²) in [5.41, 5.74) is 0.303. The second-order valence-electron chi connectivity index (χ2n) is 4.19. The summed E-state index contributed by atoms with van der Waals surface area (Å²) in [5.74, 6) is -0.855. The molecule has 0 unspecified atom stereocenters. The third kappa shape index (κ3) is 3.49. The summed E-state index contributed by atoms with van der Waals surface area (Å²) in [5, 5.41) is 12.5. The standard InChI is InChI=1S/C12H11BrN2O5S/c1-7-10(13)4-8(12(16)17)5-11(7)21(18,19)15-6-9-2-3-14-20-9/h2-5,15H,6H2,1H3,(H,16,17). The number of carboxylic acid groups (broad SMARTS) is 1. The molecule has 0 aliphatic carbocycles. The fourth-order valence-electron chi connectivity index (χ4n) is 1.63. The van der Waals surface area contributed by atoms with E-state index in [0.717, 1.165) is 6.07 Å². The molecule has 2 rings (SSSR count). The Morgan fingerprint density at radius 3 is 2.76 bits per heavy atom. The summed E-state index contributed by atoms with van der Waals surface area (Å²) < 4.78 is 32.1. The van der Waals surface area contributed by atoms with Gasteiger partial charge in [0.25, 0.3) is 0 Å². The minimum absolute atomic E-state index is 0.0727. The first kappa shape index (κ1) is 15.7. The number of benzene rings is 1. The van der Waals surface area contributed by atoms with Crippen molar-refractivity contribution < 1.29 is 22.8 Å². The molecular weight excluding hydrogens is 364 g/mol. The maximum atomic E-state index is 12.3. The van der Waals surface area contributed by atoms with Crippen LogP contribution in [0.3, 0.4) is 0 Å². The molecule has 9 heteroatoms. The van der Waals surface area contributed by atoms with Gasteiger partial charge in [0.05, 0.1) is 23.2 Å². The fourth-order valence-corrected chi connectivity index (χ4v) is 3.51. The van der Waals surface area contributed by atoms with Crippen LogP contribution in [0.15, 0.2) is 38.3 Å². The van der Waals surface area contributed by atoms with Gasteiger partial charge in [0, 0.05) is 10.5 Å². The van der Waals surface area contributed by atoms with Crippen LogP contribution in [0, 0.1) is 6.92 Å². The first-order valence-electron chi connectivity index (χ1n) is 5.74. The number of carbonyl (C=O) groups is 1. The summed E-state index contributed by atoms with van der Waals surface area (Å²) >= 11 is 3.16. The average molecular weight is 375 g/mol. The zero-order chi connectivity index (χ0) is 15.6. The summed E-state index contributed by atoms with van der Waals surface area (Å²) in [6.45, 7) is 1.51. The van der Waals surface area contributed by atoms with Gasteiger partial charge in [-0.3, -0.25) is 0 Å². The van der Waals surface area contributed by atoms with Crippen LogP contribution in [-0.4, -0.2) is 24.7 Å². The highest BCUT2D eigenvalue weighted by Gasteiger charge is 2.21. The highest BCUT2D eigenvalue weighted by atomic mass is 79.9. The Morgan fingerprint density at radius 1 is 1.48 bits per heavy atom. The third-order valence-electron chi connectivity index (χ3n) is 2.76. The Labute approximate surface area is 129 Å². The molecule has 0 atom stereocenters. The van der Waals surface area contributed by atoms with Crippen LogP contribution in [0.2, 0.25) is 0 Å². The number of hydrogen-bond donors (Lipinski definition) is 2. The number of sulfonamides is 1. The van der Waals surface area contributed by atoms with Crippen LogP contribution in [0.25, 0.3) is 0 Å². The van der Waals surface area contributed by atoms with Crippen LogP contribution in [0.1, 0.15) is 21.7 Å². The number of halogens is 1. The minimum atomic E-state index is -3.88. The van der Waals surface area contributed by atoms with Gasteiger partial charge < -0.3 is 9.63 Å². The topological polar surface area (TPSA) is 110 Å². The lowest BCUT2D eigenvalue weighted by molar-refractivity contribution is 0.0696. The number of aromatic carboxylic acids is 1. The predicted molar refractivity (Wildman–Crippen MR) is 76.4 cm³/mol. The quantitative estimate of drug-likeness (QED) is 0.827. The molecule has 0 aliphatic rings. The van der Waals surface area contributed by atoms with Gasteiger partial charge in [-0.05, 0) is 24.6 Å². The number of carboxylic acids is 1. The van der Waals surface area contributed by atoms with E-state index >= 15 is 0 Å². The molecule has 0 bridgehead atoms. The molecular formula is C12H11BrN2O5S. The Balaban J connectivity index is 2.37. The fraction of sp³-hybridized carbons (Fsp3) is 0.167. The zero-order valence-corrected chi connectivity index (χ0v) is 13.2. The van der Waals surface area contributed by atoms with Crippen molar-refractivity contribution in [2.75, 3.05) is 0 Å². The highest BCUT2D eigenvalue weighted by molar-refractivity contribution is 9.10. The molecule has 21 heavy (non-hydrogen) atoms. The molecule has 112 valence electrons. The molecule has 0 amide bonds. The first-order chi connectivity index (χ1) is 9.81. The number of rotatable bonds is 5. The lowest BCUT2D eigenvalue weighted by atomic mass is 10.1. The van der Waals surface area contributed by atoms with Gasteiger partial charge in [-0.25, -0.2) is 17.9 Å². The molecule has 0 saturated heterocycles. The van der Waals surface area contributed by atoms with Crippen molar-refractivity contribution in [2.45, 2.75) is 18.4 Å². The Hall–Kier alpha value is -1.71. The summed E-state index contributed by atoms with van der Waals surface area (Å²) in [4.78, 5) is 10.9. The van der Waals surface area contributed by atoms with E-state index in [2.05, 4.69) is 25.8 Å². The van der Waals surface area contributed by atoms with E-state index in [0.29, 0.717) is 15.8 Å². The second-order valence-corrected chi connectivity index (χ2v) is 6.78. The molecule has 1 aromatic carbocycles. The molecule has 0 fully saturated rings. The zero-order valence-electron chi connectivity index (χ0n) is 10.8. The monoisotopic (exact) mass is 374 g/mol. The normalized spacial score (nSPS) is 11.5. The lowest BCUT2D eigenvalue weighted by Gasteiger charge is -2.11. The molecule has 7 nitrogen and oxygen atoms in total. The Kier molecular flexibility index (Phi) is 4.45. The summed E-state index contributed by atoms with van der Waals surface area (Å²) in [7, 11) is -3.88. The van der Waals surface area contributed by atoms with Crippen molar-refractivity contribution in [1.29, 1.82) is 0 Å². The van der Waals surface area contributed by atoms with E-state index in [9.17, 15) is 13.2 Å². The lowest BCUT2D eigenvalue weighted by Crippen LogP contribution is -2.24. The van der Waals surface area contributed by atoms with Crippen LogP contribution in [0.4, 0.5) is 0 Å². The van der Waals surface area contributed by atoms with Crippen molar-refractivity contribution >= 4 is 31.9 Å². The average Bonchev–Trinajstić information content (AvgIpc) is 2.92. The van der Waals surface area contributed by atoms with E-state index in [1.165, 1.54) is 18.3 Å². The van der Waals surface area contributed by atoms with Crippen LogP contribution in [-0.2, 0) is 16.6 Å². The van der Waals surface area contributed by atoms with Crippen LogP contribution < -0.4 is 4.72 Å². The van der Waals surface area contributed by atoms with Crippen molar-refractivity contribution in [3.05, 3.63) is 45.8 Å². The van der Waals surface area contributed by atoms with Crippen molar-refractivity contribution in [3.63, 3.8) is 0 Å². The summed E-state index contributed by atoms with van der Waals surface area (Å²) in [6, 6.07) is 4.00. The maximum Gasteiger partial charge on any atom is 0.335 e. The molecule has 2 N–H and O–H groups in total. The Morgan fingerprint density at radius 2 is 2.19 bits per heavy atom. The van der Waals surface area contributed by atoms with Crippen molar-refractivity contribution in [1.82, 2.24) is 9.88 Å². The third-order valence-corrected chi connectivity index (χ3v) is 5.11. The van der Waals surface area contributed by atoms with E-state index < -0.39 is 16.0 Å². The van der Waals surface area contributed by atoms with E-state index in [-0.39, 0.29) is 17.0 Å². The van der Waals surface area contributed by atoms with Gasteiger partial charge in [0.1, 0.15) is 0 Å². The Bertz CT molecular complexity index is 771. The van der Waals surface area contributed by atoms with Crippen LogP contribution >= 0.6 is 15.9 Å². The number of nitrogens with zero attached hydrogens (tertiary/aromatic N) is 1. The van der Waals surface area contributed by atoms with E-state index in [1.807, 2.05) is 0 Å². The van der Waals surface area contributed by atoms with Gasteiger partial charge in [-0.1, -0.05) is 21.1 Å². The molecule has 2 aromatic rings. The molecule has 1 heterocycles. The van der Waals surface area contributed by atoms with Gasteiger partial charge in [0.2, 0.25) is 10.0 Å². The largest absolute Gasteiger partial charge is 0.478 e. The van der Waals surface area contributed by atoms with Crippen molar-refractivity contribution in [3.8, 4) is 0 Å². The number of nitrogens with one attached hydrogen (secondary N) is 1. The molecule has 0 saturated carbocycles. The van der Waals surface area contributed by atoms with E-state index in [1.54, 1.807) is 6.92 Å². The molecule has 0 radical (unpaired) electrons. The van der Waals surface area contributed by atoms with Crippen LogP contribution in [0.5, 0.6) is 0 Å². The minimum Gasteiger partial charge on any atom is -0.478 e. The SMILES string of the molecule is Cc1c(Br)cc(C(=O)O)cc1S(=O)(=O)NCc1ccno1. The number of aromatic nitrogens is 1. The maximum absolute atomic E-state index is 12.3. The smallest absolute Gasteiger partial charge is 0.335 e. The first-order valence-corrected chi connectivity index (χ1v) is 8.01. The molecule has 0 spiro atoms. The molecule has 0 aliphatic heterocycles. The number of hydrogen-bond acceptors (Lipinski definition) is 5. The van der Waals surface area contributed by atoms with Gasteiger partial charge in [-0.2, -0.15) is 0 Å². The summed E-state index contributed by atoms with van der Waals surface area (Å²) in [6.07, 6.45) is 1.40. The van der Waals surface area contributed by atoms with Crippen molar-refractivity contribution in [2.24, 2.45) is 0 Å². The molecule has 1 aromatic heterocycles. The van der Waals surface area contributed by atoms with Gasteiger partial charge in [0.15, 0.2) is 5.76 Å². The predicted octanol–water partition coefficient (Wildman–Crippen LogP) is 1.92. The highest BCUT2D eigenvalue weighted by Crippen LogP contribution is 2.26. The second kappa shape index (κ2) is 5.96.